The first-order valence-electron chi connectivity index (χ1n) is 5.94. The number of hydrogen-bond acceptors (Lipinski definition) is 3. The fourth-order valence-electron chi connectivity index (χ4n) is 2.58. The molecule has 0 saturated carbocycles. The molecule has 15 heavy (non-hydrogen) atoms. The summed E-state index contributed by atoms with van der Waals surface area (Å²) in [6.45, 7) is 2.60. The topological polar surface area (TPSA) is 52.6 Å². The molecule has 4 heteroatoms. The number of likely N-dealkylation sites (tertiary alicyclic amines) is 1. The predicted octanol–water partition coefficient (Wildman–Crippen LogP) is 0.112. The number of hydrogen-bond donors (Lipinski definition) is 2. The molecule has 1 amide bonds. The van der Waals surface area contributed by atoms with Crippen molar-refractivity contribution in [2.24, 2.45) is 0 Å². The quantitative estimate of drug-likeness (QED) is 0.649. The van der Waals surface area contributed by atoms with Gasteiger partial charge in [-0.2, -0.15) is 0 Å². The van der Waals surface area contributed by atoms with E-state index in [9.17, 15) is 9.90 Å². The van der Waals surface area contributed by atoms with E-state index in [0.29, 0.717) is 12.5 Å². The van der Waals surface area contributed by atoms with Gasteiger partial charge < -0.3 is 10.4 Å². The molecular formula is C11H20N2O2. The van der Waals surface area contributed by atoms with Crippen molar-refractivity contribution in [2.45, 2.75) is 44.2 Å². The average Bonchev–Trinajstić information content (AvgIpc) is 2.43. The molecule has 0 aromatic rings. The van der Waals surface area contributed by atoms with Gasteiger partial charge in [-0.1, -0.05) is 0 Å². The molecular weight excluding hydrogens is 192 g/mol. The van der Waals surface area contributed by atoms with E-state index < -0.39 is 0 Å². The highest BCUT2D eigenvalue weighted by Crippen LogP contribution is 2.19. The predicted molar refractivity (Wildman–Crippen MR) is 57.5 cm³/mol. The Morgan fingerprint density at radius 3 is 3.00 bits per heavy atom. The summed E-state index contributed by atoms with van der Waals surface area (Å²) in [5, 5.41) is 12.5. The summed E-state index contributed by atoms with van der Waals surface area (Å²) in [5.74, 6) is 0.164. The molecule has 2 atom stereocenters. The molecule has 0 aromatic heterocycles. The van der Waals surface area contributed by atoms with Gasteiger partial charge in [0.1, 0.15) is 0 Å². The number of β-amino-alcohol motifs (C(OH)–C–C–N with tert-alkyl or cyclic N) is 1. The second kappa shape index (κ2) is 4.94. The molecule has 0 bridgehead atoms. The Bertz CT molecular complexity index is 233. The Hall–Kier alpha value is -0.610. The number of piperidine rings is 1. The van der Waals surface area contributed by atoms with Crippen LogP contribution in [0.3, 0.4) is 0 Å². The first-order valence-corrected chi connectivity index (χ1v) is 5.94. The number of nitrogens with one attached hydrogen (secondary N) is 1. The number of amides is 1. The minimum atomic E-state index is -0.190. The Morgan fingerprint density at radius 2 is 2.20 bits per heavy atom. The Balaban J connectivity index is 1.92. The largest absolute Gasteiger partial charge is 0.392 e. The molecule has 2 aliphatic rings. The highest BCUT2D eigenvalue weighted by molar-refractivity contribution is 5.76. The Morgan fingerprint density at radius 1 is 1.33 bits per heavy atom. The van der Waals surface area contributed by atoms with Crippen molar-refractivity contribution in [3.63, 3.8) is 0 Å². The zero-order chi connectivity index (χ0) is 10.7. The van der Waals surface area contributed by atoms with Crippen LogP contribution in [-0.2, 0) is 4.79 Å². The van der Waals surface area contributed by atoms with Gasteiger partial charge in [-0.15, -0.1) is 0 Å². The molecule has 2 fully saturated rings. The van der Waals surface area contributed by atoms with Gasteiger partial charge >= 0.3 is 0 Å². The van der Waals surface area contributed by atoms with Crippen LogP contribution in [0.1, 0.15) is 32.1 Å². The maximum Gasteiger partial charge on any atom is 0.221 e. The van der Waals surface area contributed by atoms with Crippen LogP contribution >= 0.6 is 0 Å². The minimum absolute atomic E-state index is 0.164. The standard InChI is InChI=1S/C11H20N2O2/c14-10-4-2-6-13(8-10)9-3-1-5-12-11(15)7-9/h9-10,14H,1-8H2,(H,12,15). The number of aliphatic hydroxyl groups excluding tert-OH is 1. The van der Waals surface area contributed by atoms with E-state index >= 15 is 0 Å². The van der Waals surface area contributed by atoms with Gasteiger partial charge in [0.05, 0.1) is 6.10 Å². The van der Waals surface area contributed by atoms with Crippen molar-refractivity contribution in [3.8, 4) is 0 Å². The molecule has 0 radical (unpaired) electrons. The Labute approximate surface area is 90.6 Å². The van der Waals surface area contributed by atoms with Gasteiger partial charge in [0, 0.05) is 25.6 Å². The van der Waals surface area contributed by atoms with E-state index in [2.05, 4.69) is 10.2 Å². The van der Waals surface area contributed by atoms with Crippen LogP contribution in [0.25, 0.3) is 0 Å². The van der Waals surface area contributed by atoms with Gasteiger partial charge in [0.2, 0.25) is 5.91 Å². The third kappa shape index (κ3) is 2.92. The van der Waals surface area contributed by atoms with Crippen molar-refractivity contribution in [1.29, 1.82) is 0 Å². The number of aliphatic hydroxyl groups is 1. The molecule has 4 nitrogen and oxygen atoms in total. The van der Waals surface area contributed by atoms with Crippen LogP contribution in [0.2, 0.25) is 0 Å². The highest BCUT2D eigenvalue weighted by Gasteiger charge is 2.27. The second-order valence-corrected chi connectivity index (χ2v) is 4.64. The zero-order valence-electron chi connectivity index (χ0n) is 9.11. The van der Waals surface area contributed by atoms with Gasteiger partial charge in [-0.25, -0.2) is 0 Å². The molecule has 2 N–H and O–H groups in total. The first-order chi connectivity index (χ1) is 7.25. The van der Waals surface area contributed by atoms with E-state index in [1.54, 1.807) is 0 Å². The van der Waals surface area contributed by atoms with Crippen molar-refractivity contribution in [2.75, 3.05) is 19.6 Å². The third-order valence-electron chi connectivity index (χ3n) is 3.40. The molecule has 2 heterocycles. The average molecular weight is 212 g/mol. The molecule has 0 aliphatic carbocycles. The summed E-state index contributed by atoms with van der Waals surface area (Å²) in [6.07, 6.45) is 4.51. The lowest BCUT2D eigenvalue weighted by Crippen LogP contribution is -2.45. The normalized spacial score (nSPS) is 34.6. The summed E-state index contributed by atoms with van der Waals surface area (Å²) in [4.78, 5) is 13.7. The summed E-state index contributed by atoms with van der Waals surface area (Å²) in [5.41, 5.74) is 0. The maximum absolute atomic E-state index is 11.4. The van der Waals surface area contributed by atoms with Gasteiger partial charge in [0.25, 0.3) is 0 Å². The van der Waals surface area contributed by atoms with E-state index in [0.717, 1.165) is 45.3 Å². The van der Waals surface area contributed by atoms with Crippen LogP contribution in [0.15, 0.2) is 0 Å². The molecule has 0 aromatic carbocycles. The number of carbonyl (C=O) groups excluding carboxylic acids is 1. The van der Waals surface area contributed by atoms with E-state index in [4.69, 9.17) is 0 Å². The van der Waals surface area contributed by atoms with E-state index in [1.807, 2.05) is 0 Å². The number of carbonyl (C=O) groups is 1. The second-order valence-electron chi connectivity index (χ2n) is 4.64. The fourth-order valence-corrected chi connectivity index (χ4v) is 2.58. The molecule has 2 aliphatic heterocycles. The van der Waals surface area contributed by atoms with E-state index in [1.165, 1.54) is 0 Å². The van der Waals surface area contributed by atoms with Gasteiger partial charge in [-0.05, 0) is 32.2 Å². The van der Waals surface area contributed by atoms with Crippen molar-refractivity contribution in [3.05, 3.63) is 0 Å². The number of rotatable bonds is 1. The van der Waals surface area contributed by atoms with Gasteiger partial charge in [0.15, 0.2) is 0 Å². The lowest BCUT2D eigenvalue weighted by atomic mass is 10.0. The van der Waals surface area contributed by atoms with Crippen LogP contribution in [0.5, 0.6) is 0 Å². The molecule has 2 rings (SSSR count). The molecule has 2 unspecified atom stereocenters. The summed E-state index contributed by atoms with van der Waals surface area (Å²) < 4.78 is 0. The molecule has 2 saturated heterocycles. The van der Waals surface area contributed by atoms with Crippen molar-refractivity contribution < 1.29 is 9.90 Å². The zero-order valence-corrected chi connectivity index (χ0v) is 9.11. The van der Waals surface area contributed by atoms with Gasteiger partial charge in [-0.3, -0.25) is 9.69 Å². The first kappa shape index (κ1) is 10.9. The summed E-state index contributed by atoms with van der Waals surface area (Å²) in [7, 11) is 0. The Kier molecular flexibility index (Phi) is 3.59. The van der Waals surface area contributed by atoms with Crippen LogP contribution in [0.4, 0.5) is 0 Å². The lowest BCUT2D eigenvalue weighted by Gasteiger charge is -2.35. The maximum atomic E-state index is 11.4. The van der Waals surface area contributed by atoms with Crippen LogP contribution < -0.4 is 5.32 Å². The third-order valence-corrected chi connectivity index (χ3v) is 3.40. The SMILES string of the molecule is O=C1CC(N2CCCC(O)C2)CCCN1. The monoisotopic (exact) mass is 212 g/mol. The van der Waals surface area contributed by atoms with Crippen LogP contribution in [-0.4, -0.2) is 47.7 Å². The highest BCUT2D eigenvalue weighted by atomic mass is 16.3. The lowest BCUT2D eigenvalue weighted by molar-refractivity contribution is -0.122. The smallest absolute Gasteiger partial charge is 0.221 e. The van der Waals surface area contributed by atoms with Crippen molar-refractivity contribution >= 4 is 5.91 Å². The minimum Gasteiger partial charge on any atom is -0.392 e. The van der Waals surface area contributed by atoms with Crippen molar-refractivity contribution in [1.82, 2.24) is 10.2 Å². The van der Waals surface area contributed by atoms with E-state index in [-0.39, 0.29) is 12.0 Å². The molecule has 86 valence electrons. The molecule has 0 spiro atoms. The fraction of sp³-hybridized carbons (Fsp3) is 0.909. The summed E-state index contributed by atoms with van der Waals surface area (Å²) in [6, 6.07) is 0.349. The summed E-state index contributed by atoms with van der Waals surface area (Å²) >= 11 is 0. The van der Waals surface area contributed by atoms with Crippen LogP contribution in [0, 0.1) is 0 Å². The number of nitrogens with zero attached hydrogens (tertiary/aromatic N) is 1.